The Labute approximate surface area is 193 Å². The molecule has 2 aliphatic rings. The molecule has 0 aliphatic carbocycles. The molecule has 8 heteroatoms. The minimum atomic E-state index is 0.0153. The maximum Gasteiger partial charge on any atom is 0.234 e. The molecule has 5 rings (SSSR count). The number of hydrogen-bond acceptors (Lipinski definition) is 7. The van der Waals surface area contributed by atoms with Gasteiger partial charge in [-0.15, -0.1) is 0 Å². The molecule has 1 saturated heterocycles. The summed E-state index contributed by atoms with van der Waals surface area (Å²) in [4.78, 5) is 28.2. The van der Waals surface area contributed by atoms with Gasteiger partial charge < -0.3 is 14.8 Å². The number of nitrogens with one attached hydrogen (secondary N) is 1. The first-order valence-electron chi connectivity index (χ1n) is 11.3. The van der Waals surface area contributed by atoms with E-state index in [4.69, 9.17) is 14.5 Å². The van der Waals surface area contributed by atoms with Crippen molar-refractivity contribution in [2.24, 2.45) is 0 Å². The van der Waals surface area contributed by atoms with E-state index in [0.717, 1.165) is 65.6 Å². The molecule has 170 valence electrons. The zero-order chi connectivity index (χ0) is 22.6. The molecular weight excluding hydrogens is 418 g/mol. The van der Waals surface area contributed by atoms with Gasteiger partial charge in [0.25, 0.3) is 0 Å². The quantitative estimate of drug-likeness (QED) is 0.624. The van der Waals surface area contributed by atoms with Crippen molar-refractivity contribution in [3.63, 3.8) is 0 Å². The minimum absolute atomic E-state index is 0.0153. The van der Waals surface area contributed by atoms with E-state index in [1.54, 1.807) is 12.4 Å². The Bertz CT molecular complexity index is 1140. The third-order valence-corrected chi connectivity index (χ3v) is 6.12. The second-order valence-corrected chi connectivity index (χ2v) is 8.49. The molecule has 0 radical (unpaired) electrons. The minimum Gasteiger partial charge on any atom is -0.454 e. The fraction of sp³-hybridized carbons (Fsp3) is 0.360. The number of nitrogens with zero attached hydrogens (tertiary/aromatic N) is 4. The van der Waals surface area contributed by atoms with E-state index in [9.17, 15) is 4.79 Å². The number of aromatic nitrogens is 3. The second-order valence-electron chi connectivity index (χ2n) is 8.49. The molecule has 0 spiro atoms. The summed E-state index contributed by atoms with van der Waals surface area (Å²) in [6.07, 6.45) is 7.56. The average Bonchev–Trinajstić information content (AvgIpc) is 3.31. The third-order valence-electron chi connectivity index (χ3n) is 6.12. The Kier molecular flexibility index (Phi) is 6.17. The Balaban J connectivity index is 1.22. The van der Waals surface area contributed by atoms with Gasteiger partial charge in [0, 0.05) is 43.2 Å². The SMILES string of the molecule is Cc1ncc(-c2ccncc2)c([C@H]2CCCN(CC(=O)NCc3ccc4c(c3)OCO4)C2)n1. The maximum absolute atomic E-state index is 12.7. The first-order chi connectivity index (χ1) is 16.2. The molecule has 2 aliphatic heterocycles. The molecule has 1 amide bonds. The molecule has 3 aromatic rings. The highest BCUT2D eigenvalue weighted by atomic mass is 16.7. The highest BCUT2D eigenvalue weighted by Crippen LogP contribution is 2.33. The Morgan fingerprint density at radius 1 is 1.18 bits per heavy atom. The number of hydrogen-bond donors (Lipinski definition) is 1. The average molecular weight is 446 g/mol. The monoisotopic (exact) mass is 445 g/mol. The predicted octanol–water partition coefficient (Wildman–Crippen LogP) is 3.07. The molecule has 1 fully saturated rings. The van der Waals surface area contributed by atoms with Crippen LogP contribution in [0.15, 0.2) is 48.9 Å². The summed E-state index contributed by atoms with van der Waals surface area (Å²) in [5, 5.41) is 3.03. The van der Waals surface area contributed by atoms with Gasteiger partial charge in [-0.3, -0.25) is 14.7 Å². The lowest BCUT2D eigenvalue weighted by molar-refractivity contribution is -0.122. The van der Waals surface area contributed by atoms with E-state index < -0.39 is 0 Å². The van der Waals surface area contributed by atoms with Crippen molar-refractivity contribution in [2.75, 3.05) is 26.4 Å². The van der Waals surface area contributed by atoms with Gasteiger partial charge >= 0.3 is 0 Å². The largest absolute Gasteiger partial charge is 0.454 e. The Morgan fingerprint density at radius 2 is 2.03 bits per heavy atom. The van der Waals surface area contributed by atoms with Gasteiger partial charge in [0.2, 0.25) is 12.7 Å². The highest BCUT2D eigenvalue weighted by molar-refractivity contribution is 5.78. The zero-order valence-corrected chi connectivity index (χ0v) is 18.7. The number of amides is 1. The molecule has 0 unspecified atom stereocenters. The topological polar surface area (TPSA) is 89.5 Å². The number of benzene rings is 1. The molecule has 0 bridgehead atoms. The number of carbonyl (C=O) groups is 1. The molecule has 1 atom stereocenters. The van der Waals surface area contributed by atoms with Crippen molar-refractivity contribution in [3.05, 3.63) is 66.0 Å². The van der Waals surface area contributed by atoms with Gasteiger partial charge in [-0.25, -0.2) is 9.97 Å². The lowest BCUT2D eigenvalue weighted by Crippen LogP contribution is -2.42. The second kappa shape index (κ2) is 9.54. The summed E-state index contributed by atoms with van der Waals surface area (Å²) in [7, 11) is 0. The summed E-state index contributed by atoms with van der Waals surface area (Å²) in [5.74, 6) is 2.51. The summed E-state index contributed by atoms with van der Waals surface area (Å²) in [6, 6.07) is 9.72. The molecule has 33 heavy (non-hydrogen) atoms. The van der Waals surface area contributed by atoms with Gasteiger partial charge in [-0.2, -0.15) is 0 Å². The molecule has 1 N–H and O–H groups in total. The van der Waals surface area contributed by atoms with Crippen LogP contribution in [0.3, 0.4) is 0 Å². The van der Waals surface area contributed by atoms with E-state index in [0.29, 0.717) is 13.1 Å². The fourth-order valence-corrected chi connectivity index (χ4v) is 4.49. The van der Waals surface area contributed by atoms with Crippen LogP contribution in [0, 0.1) is 6.92 Å². The van der Waals surface area contributed by atoms with Crippen molar-refractivity contribution in [3.8, 4) is 22.6 Å². The summed E-state index contributed by atoms with van der Waals surface area (Å²) < 4.78 is 10.8. The van der Waals surface area contributed by atoms with E-state index in [1.165, 1.54) is 0 Å². The number of ether oxygens (including phenoxy) is 2. The molecule has 2 aromatic heterocycles. The molecule has 0 saturated carbocycles. The lowest BCUT2D eigenvalue weighted by Gasteiger charge is -2.32. The van der Waals surface area contributed by atoms with Crippen LogP contribution in [0.1, 0.15) is 35.8 Å². The number of pyridine rings is 1. The molecule has 1 aromatic carbocycles. The van der Waals surface area contributed by atoms with Gasteiger partial charge in [-0.1, -0.05) is 6.07 Å². The van der Waals surface area contributed by atoms with Crippen LogP contribution in [0.4, 0.5) is 0 Å². The van der Waals surface area contributed by atoms with E-state index in [2.05, 4.69) is 20.2 Å². The van der Waals surface area contributed by atoms with Crippen LogP contribution in [0.2, 0.25) is 0 Å². The van der Waals surface area contributed by atoms with Crippen molar-refractivity contribution in [1.82, 2.24) is 25.2 Å². The van der Waals surface area contributed by atoms with Crippen molar-refractivity contribution in [1.29, 1.82) is 0 Å². The van der Waals surface area contributed by atoms with Crippen LogP contribution in [-0.2, 0) is 11.3 Å². The third kappa shape index (κ3) is 4.96. The number of aryl methyl sites for hydroxylation is 1. The summed E-state index contributed by atoms with van der Waals surface area (Å²) in [6.45, 7) is 4.70. The molecular formula is C25H27N5O3. The van der Waals surface area contributed by atoms with Gasteiger partial charge in [0.15, 0.2) is 11.5 Å². The van der Waals surface area contributed by atoms with Crippen LogP contribution in [0.25, 0.3) is 11.1 Å². The van der Waals surface area contributed by atoms with Crippen LogP contribution >= 0.6 is 0 Å². The van der Waals surface area contributed by atoms with E-state index in [-0.39, 0.29) is 18.6 Å². The van der Waals surface area contributed by atoms with Crippen LogP contribution in [-0.4, -0.2) is 52.2 Å². The summed E-state index contributed by atoms with van der Waals surface area (Å²) in [5.41, 5.74) is 4.16. The van der Waals surface area contributed by atoms with Crippen LogP contribution in [0.5, 0.6) is 11.5 Å². The Hall–Kier alpha value is -3.52. The van der Waals surface area contributed by atoms with E-state index >= 15 is 0 Å². The smallest absolute Gasteiger partial charge is 0.234 e. The standard InChI is InChI=1S/C25H27N5O3/c1-17-27-13-21(19-6-8-26-9-7-19)25(29-17)20-3-2-10-30(14-20)15-24(31)28-12-18-4-5-22-23(11-18)33-16-32-22/h4-9,11,13,20H,2-3,10,12,14-16H2,1H3,(H,28,31)/t20-/m0/s1. The van der Waals surface area contributed by atoms with E-state index in [1.807, 2.05) is 43.5 Å². The van der Waals surface area contributed by atoms with Crippen molar-refractivity contribution >= 4 is 5.91 Å². The van der Waals surface area contributed by atoms with Gasteiger partial charge in [0.05, 0.1) is 12.2 Å². The first kappa shape index (κ1) is 21.3. The van der Waals surface area contributed by atoms with Crippen molar-refractivity contribution < 1.29 is 14.3 Å². The fourth-order valence-electron chi connectivity index (χ4n) is 4.49. The molecule has 8 nitrogen and oxygen atoms in total. The number of rotatable bonds is 6. The highest BCUT2D eigenvalue weighted by Gasteiger charge is 2.26. The lowest BCUT2D eigenvalue weighted by atomic mass is 9.90. The van der Waals surface area contributed by atoms with Gasteiger partial charge in [0.1, 0.15) is 5.82 Å². The molecule has 4 heterocycles. The first-order valence-corrected chi connectivity index (χ1v) is 11.3. The van der Waals surface area contributed by atoms with Crippen LogP contribution < -0.4 is 14.8 Å². The predicted molar refractivity (Wildman–Crippen MR) is 123 cm³/mol. The number of likely N-dealkylation sites (tertiary alicyclic amines) is 1. The zero-order valence-electron chi connectivity index (χ0n) is 18.7. The number of fused-ring (bicyclic) bond motifs is 1. The van der Waals surface area contributed by atoms with Gasteiger partial charge in [-0.05, 0) is 61.7 Å². The normalized spacial score (nSPS) is 17.7. The number of piperidine rings is 1. The maximum atomic E-state index is 12.7. The summed E-state index contributed by atoms with van der Waals surface area (Å²) >= 11 is 0. The number of carbonyl (C=O) groups excluding carboxylic acids is 1. The van der Waals surface area contributed by atoms with Crippen molar-refractivity contribution in [2.45, 2.75) is 32.2 Å². The Morgan fingerprint density at radius 3 is 2.91 bits per heavy atom.